The molecular weight excluding hydrogens is 312 g/mol. The molecule has 3 heteroatoms. The van der Waals surface area contributed by atoms with Gasteiger partial charge in [0.25, 0.3) is 0 Å². The first-order valence-corrected chi connectivity index (χ1v) is 10.1. The van der Waals surface area contributed by atoms with Gasteiger partial charge >= 0.3 is 0 Å². The van der Waals surface area contributed by atoms with E-state index in [4.69, 9.17) is 14.2 Å². The molecule has 2 bridgehead atoms. The van der Waals surface area contributed by atoms with Crippen LogP contribution >= 0.6 is 0 Å². The molecule has 2 saturated heterocycles. The lowest BCUT2D eigenvalue weighted by Gasteiger charge is -2.54. The Morgan fingerprint density at radius 1 is 1.12 bits per heavy atom. The minimum absolute atomic E-state index is 0.0902. The Bertz CT molecular complexity index is 728. The number of allylic oxidation sites excluding steroid dienone is 2. The summed E-state index contributed by atoms with van der Waals surface area (Å²) in [4.78, 5) is 0. The zero-order chi connectivity index (χ0) is 16.9. The summed E-state index contributed by atoms with van der Waals surface area (Å²) in [7, 11) is 0. The van der Waals surface area contributed by atoms with Crippen LogP contribution in [-0.2, 0) is 14.2 Å². The molecule has 3 aliphatic heterocycles. The molecule has 4 fully saturated rings. The van der Waals surface area contributed by atoms with Gasteiger partial charge in [0.15, 0.2) is 5.79 Å². The molecule has 2 saturated carbocycles. The quantitative estimate of drug-likeness (QED) is 0.610. The van der Waals surface area contributed by atoms with Gasteiger partial charge in [-0.15, -0.1) is 0 Å². The highest BCUT2D eigenvalue weighted by Crippen LogP contribution is 2.68. The van der Waals surface area contributed by atoms with Gasteiger partial charge in [-0.3, -0.25) is 0 Å². The van der Waals surface area contributed by atoms with Crippen LogP contribution < -0.4 is 0 Å². The van der Waals surface area contributed by atoms with E-state index in [1.54, 1.807) is 0 Å². The Kier molecular flexibility index (Phi) is 2.73. The van der Waals surface area contributed by atoms with Gasteiger partial charge in [-0.2, -0.15) is 0 Å². The van der Waals surface area contributed by atoms with Crippen LogP contribution in [0.25, 0.3) is 0 Å². The fourth-order valence-electron chi connectivity index (χ4n) is 7.04. The Balaban J connectivity index is 1.46. The van der Waals surface area contributed by atoms with Gasteiger partial charge in [0.2, 0.25) is 0 Å². The number of rotatable bonds is 0. The fraction of sp³-hybridized carbons (Fsp3) is 0.727. The summed E-state index contributed by atoms with van der Waals surface area (Å²) in [6.07, 6.45) is 13.7. The smallest absolute Gasteiger partial charge is 0.171 e. The second-order valence-corrected chi connectivity index (χ2v) is 9.42. The number of hydrogen-bond donors (Lipinski definition) is 0. The SMILES string of the molecule is C=C1CC[C@H]2C34CC[C@]5(CC6(CCC5=CC3=CC[C@]12C)OCCO6)O4. The van der Waals surface area contributed by atoms with Crippen molar-refractivity contribution in [3.05, 3.63) is 35.5 Å². The molecule has 3 nitrogen and oxygen atoms in total. The highest BCUT2D eigenvalue weighted by atomic mass is 16.7. The van der Waals surface area contributed by atoms with Gasteiger partial charge < -0.3 is 14.2 Å². The molecule has 25 heavy (non-hydrogen) atoms. The van der Waals surface area contributed by atoms with Gasteiger partial charge in [0, 0.05) is 18.8 Å². The summed E-state index contributed by atoms with van der Waals surface area (Å²) in [6, 6.07) is 0. The lowest BCUT2D eigenvalue weighted by atomic mass is 9.60. The Morgan fingerprint density at radius 2 is 1.96 bits per heavy atom. The molecule has 6 aliphatic rings. The molecular formula is C22H28O3. The second kappa shape index (κ2) is 4.49. The van der Waals surface area contributed by atoms with Crippen LogP contribution in [0.15, 0.2) is 35.5 Å². The molecule has 0 amide bonds. The van der Waals surface area contributed by atoms with E-state index in [9.17, 15) is 0 Å². The van der Waals surface area contributed by atoms with Crippen molar-refractivity contribution in [3.8, 4) is 0 Å². The molecule has 3 spiro atoms. The van der Waals surface area contributed by atoms with Crippen molar-refractivity contribution in [2.75, 3.05) is 13.2 Å². The largest absolute Gasteiger partial charge is 0.359 e. The first-order chi connectivity index (χ1) is 12.0. The first kappa shape index (κ1) is 15.2. The average molecular weight is 340 g/mol. The maximum atomic E-state index is 7.16. The molecule has 3 heterocycles. The van der Waals surface area contributed by atoms with Crippen molar-refractivity contribution >= 4 is 0 Å². The molecule has 3 aliphatic carbocycles. The van der Waals surface area contributed by atoms with Crippen LogP contribution in [0.5, 0.6) is 0 Å². The molecule has 4 atom stereocenters. The molecule has 0 N–H and O–H groups in total. The fourth-order valence-corrected chi connectivity index (χ4v) is 7.04. The molecule has 0 radical (unpaired) electrons. The first-order valence-electron chi connectivity index (χ1n) is 10.1. The third kappa shape index (κ3) is 1.69. The van der Waals surface area contributed by atoms with Crippen molar-refractivity contribution in [3.63, 3.8) is 0 Å². The maximum Gasteiger partial charge on any atom is 0.171 e. The highest BCUT2D eigenvalue weighted by Gasteiger charge is 2.67. The van der Waals surface area contributed by atoms with E-state index < -0.39 is 0 Å². The monoisotopic (exact) mass is 340 g/mol. The summed E-state index contributed by atoms with van der Waals surface area (Å²) in [6.45, 7) is 8.31. The van der Waals surface area contributed by atoms with Crippen LogP contribution in [0.1, 0.15) is 58.3 Å². The number of fused-ring (bicyclic) bond motifs is 1. The molecule has 0 aromatic rings. The molecule has 134 valence electrons. The van der Waals surface area contributed by atoms with E-state index in [1.807, 2.05) is 0 Å². The minimum Gasteiger partial charge on any atom is -0.359 e. The summed E-state index contributed by atoms with van der Waals surface area (Å²) < 4.78 is 19.3. The van der Waals surface area contributed by atoms with Gasteiger partial charge in [0.1, 0.15) is 0 Å². The molecule has 0 aromatic carbocycles. The van der Waals surface area contributed by atoms with E-state index in [1.165, 1.54) is 23.1 Å². The van der Waals surface area contributed by atoms with Gasteiger partial charge in [0.05, 0.1) is 24.4 Å². The standard InChI is InChI=1S/C22H28O3/c1-15-3-4-18-19(15,2)7-5-17-13-16-6-8-21(23-11-12-24-21)14-20(16)9-10-22(17,18)25-20/h5,13,18H,1,3-4,6-12,14H2,2H3/t18-,19-,20-,22?/m1/s1. The summed E-state index contributed by atoms with van der Waals surface area (Å²) in [5.74, 6) is 0.189. The topological polar surface area (TPSA) is 27.7 Å². The van der Waals surface area contributed by atoms with Gasteiger partial charge in [-0.25, -0.2) is 0 Å². The van der Waals surface area contributed by atoms with E-state index in [-0.39, 0.29) is 22.4 Å². The summed E-state index contributed by atoms with van der Waals surface area (Å²) >= 11 is 0. The minimum atomic E-state index is -0.388. The van der Waals surface area contributed by atoms with Crippen molar-refractivity contribution in [2.24, 2.45) is 11.3 Å². The number of ether oxygens (including phenoxy) is 3. The van der Waals surface area contributed by atoms with Gasteiger partial charge in [-0.1, -0.05) is 31.2 Å². The molecule has 1 unspecified atom stereocenters. The highest BCUT2D eigenvalue weighted by molar-refractivity contribution is 5.48. The van der Waals surface area contributed by atoms with E-state index in [0.29, 0.717) is 5.92 Å². The second-order valence-electron chi connectivity index (χ2n) is 9.42. The molecule has 6 rings (SSSR count). The normalized spacial score (nSPS) is 49.5. The Hall–Kier alpha value is -0.900. The summed E-state index contributed by atoms with van der Waals surface area (Å²) in [5, 5.41) is 0. The van der Waals surface area contributed by atoms with Crippen LogP contribution in [0, 0.1) is 11.3 Å². The third-order valence-corrected chi connectivity index (χ3v) is 8.45. The van der Waals surface area contributed by atoms with E-state index in [0.717, 1.165) is 58.2 Å². The lowest BCUT2D eigenvalue weighted by molar-refractivity contribution is -0.225. The maximum absolute atomic E-state index is 7.16. The van der Waals surface area contributed by atoms with Crippen LogP contribution in [-0.4, -0.2) is 30.2 Å². The molecule has 0 aromatic heterocycles. The third-order valence-electron chi connectivity index (χ3n) is 8.45. The predicted octanol–water partition coefficient (Wildman–Crippen LogP) is 4.44. The van der Waals surface area contributed by atoms with E-state index >= 15 is 0 Å². The van der Waals surface area contributed by atoms with Gasteiger partial charge in [-0.05, 0) is 55.1 Å². The van der Waals surface area contributed by atoms with Crippen LogP contribution in [0.3, 0.4) is 0 Å². The van der Waals surface area contributed by atoms with Crippen molar-refractivity contribution < 1.29 is 14.2 Å². The summed E-state index contributed by atoms with van der Waals surface area (Å²) in [5.41, 5.74) is 4.38. The van der Waals surface area contributed by atoms with E-state index in [2.05, 4.69) is 25.7 Å². The lowest BCUT2D eigenvalue weighted by Crippen LogP contribution is -2.55. The van der Waals surface area contributed by atoms with Crippen molar-refractivity contribution in [1.82, 2.24) is 0 Å². The van der Waals surface area contributed by atoms with Crippen molar-refractivity contribution in [2.45, 2.75) is 75.3 Å². The Labute approximate surface area is 150 Å². The van der Waals surface area contributed by atoms with Crippen molar-refractivity contribution in [1.29, 1.82) is 0 Å². The average Bonchev–Trinajstić information content (AvgIpc) is 3.25. The van der Waals surface area contributed by atoms with Crippen LogP contribution in [0.4, 0.5) is 0 Å². The van der Waals surface area contributed by atoms with Crippen LogP contribution in [0.2, 0.25) is 0 Å². The predicted molar refractivity (Wildman–Crippen MR) is 95.0 cm³/mol. The number of hydrogen-bond acceptors (Lipinski definition) is 3. The Morgan fingerprint density at radius 3 is 2.80 bits per heavy atom. The zero-order valence-electron chi connectivity index (χ0n) is 15.2. The zero-order valence-corrected chi connectivity index (χ0v) is 15.2.